The predicted molar refractivity (Wildman–Crippen MR) is 131 cm³/mol. The highest BCUT2D eigenvalue weighted by atomic mass is 32.2. The number of pyridine rings is 1. The average molecular weight is 537 g/mol. The molecule has 0 radical (unpaired) electrons. The molecule has 1 saturated carbocycles. The van der Waals surface area contributed by atoms with E-state index in [0.29, 0.717) is 5.56 Å². The predicted octanol–water partition coefficient (Wildman–Crippen LogP) is 4.93. The van der Waals surface area contributed by atoms with Crippen molar-refractivity contribution in [1.29, 1.82) is 0 Å². The van der Waals surface area contributed by atoms with Crippen LogP contribution in [0.2, 0.25) is 0 Å². The molecule has 196 valence electrons. The molecule has 12 heteroatoms. The first-order valence-electron chi connectivity index (χ1n) is 11.5. The second-order valence-corrected chi connectivity index (χ2v) is 10.8. The number of sulfonamides is 1. The maximum Gasteiger partial charge on any atom is 0.253 e. The number of hydrogen-bond donors (Lipinski definition) is 3. The SMILES string of the molecule is CCS(=O)(=O)Nc1nccc(Cc2cc(C(=O)NC3CC3)c(Nc3ccc(C)cc3F)c(F)c2F)c1F. The number of carbonyl (C=O) groups is 1. The Hall–Kier alpha value is -3.67. The Bertz CT molecular complexity index is 1480. The second kappa shape index (κ2) is 10.4. The van der Waals surface area contributed by atoms with Crippen LogP contribution in [0.5, 0.6) is 0 Å². The molecule has 7 nitrogen and oxygen atoms in total. The molecule has 0 unspecified atom stereocenters. The van der Waals surface area contributed by atoms with Crippen LogP contribution in [0.25, 0.3) is 0 Å². The van der Waals surface area contributed by atoms with E-state index in [1.165, 1.54) is 25.1 Å². The van der Waals surface area contributed by atoms with Crippen molar-refractivity contribution in [1.82, 2.24) is 10.3 Å². The van der Waals surface area contributed by atoms with Gasteiger partial charge in [-0.25, -0.2) is 31.0 Å². The molecule has 1 heterocycles. The van der Waals surface area contributed by atoms with Crippen LogP contribution in [0.4, 0.5) is 34.8 Å². The Kier molecular flexibility index (Phi) is 7.39. The molecule has 4 rings (SSSR count). The molecule has 37 heavy (non-hydrogen) atoms. The summed E-state index contributed by atoms with van der Waals surface area (Å²) in [6.45, 7) is 3.02. The Labute approximate surface area is 211 Å². The highest BCUT2D eigenvalue weighted by Gasteiger charge is 2.29. The molecule has 0 saturated heterocycles. The fourth-order valence-corrected chi connectivity index (χ4v) is 4.15. The molecule has 1 aliphatic rings. The van der Waals surface area contributed by atoms with Crippen molar-refractivity contribution in [2.45, 2.75) is 39.2 Å². The van der Waals surface area contributed by atoms with E-state index in [-0.39, 0.29) is 34.2 Å². The van der Waals surface area contributed by atoms with E-state index < -0.39 is 57.1 Å². The molecule has 1 aliphatic carbocycles. The van der Waals surface area contributed by atoms with Crippen LogP contribution in [0.3, 0.4) is 0 Å². The van der Waals surface area contributed by atoms with E-state index in [2.05, 4.69) is 15.6 Å². The third-order valence-electron chi connectivity index (χ3n) is 5.81. The van der Waals surface area contributed by atoms with E-state index in [9.17, 15) is 17.6 Å². The average Bonchev–Trinajstić information content (AvgIpc) is 3.66. The number of anilines is 3. The summed E-state index contributed by atoms with van der Waals surface area (Å²) in [5, 5.41) is 5.17. The highest BCUT2D eigenvalue weighted by molar-refractivity contribution is 7.92. The monoisotopic (exact) mass is 536 g/mol. The van der Waals surface area contributed by atoms with Gasteiger partial charge >= 0.3 is 0 Å². The standard InChI is InChI=1S/C25H24F4N4O3S/c1-3-37(35,36)33-24-21(28)14(8-9-30-24)11-15-12-17(25(34)31-16-5-6-16)23(22(29)20(15)27)32-19-7-4-13(2)10-18(19)26/h4,7-10,12,16,32H,3,5-6,11H2,1-2H3,(H,30,33)(H,31,34). The van der Waals surface area contributed by atoms with Crippen molar-refractivity contribution in [3.05, 3.63) is 82.1 Å². The van der Waals surface area contributed by atoms with Gasteiger partial charge in [-0.1, -0.05) is 6.07 Å². The normalized spacial score (nSPS) is 13.4. The second-order valence-electron chi connectivity index (χ2n) is 8.76. The minimum absolute atomic E-state index is 0.111. The van der Waals surface area contributed by atoms with Crippen molar-refractivity contribution in [2.75, 3.05) is 15.8 Å². The van der Waals surface area contributed by atoms with Crippen LogP contribution in [-0.2, 0) is 16.4 Å². The third kappa shape index (κ3) is 6.01. The maximum absolute atomic E-state index is 15.3. The molecule has 2 aromatic carbocycles. The fourth-order valence-electron chi connectivity index (χ4n) is 3.57. The summed E-state index contributed by atoms with van der Waals surface area (Å²) >= 11 is 0. The lowest BCUT2D eigenvalue weighted by Crippen LogP contribution is -2.27. The van der Waals surface area contributed by atoms with E-state index in [0.717, 1.165) is 25.1 Å². The smallest absolute Gasteiger partial charge is 0.253 e. The molecule has 0 atom stereocenters. The van der Waals surface area contributed by atoms with Gasteiger partial charge in [-0.2, -0.15) is 0 Å². The number of carbonyl (C=O) groups excluding carboxylic acids is 1. The van der Waals surface area contributed by atoms with Crippen molar-refractivity contribution >= 4 is 33.1 Å². The van der Waals surface area contributed by atoms with Crippen molar-refractivity contribution in [3.8, 4) is 0 Å². The first kappa shape index (κ1) is 26.4. The summed E-state index contributed by atoms with van der Waals surface area (Å²) in [5.41, 5.74) is -0.943. The summed E-state index contributed by atoms with van der Waals surface area (Å²) in [6, 6.07) is 6.25. The van der Waals surface area contributed by atoms with Crippen LogP contribution in [0, 0.1) is 30.2 Å². The van der Waals surface area contributed by atoms with Gasteiger partial charge in [-0.15, -0.1) is 0 Å². The van der Waals surface area contributed by atoms with E-state index in [4.69, 9.17) is 0 Å². The Morgan fingerprint density at radius 2 is 1.76 bits per heavy atom. The minimum atomic E-state index is -3.84. The molecule has 3 N–H and O–H groups in total. The number of aryl methyl sites for hydroxylation is 1. The lowest BCUT2D eigenvalue weighted by atomic mass is 9.99. The summed E-state index contributed by atoms with van der Waals surface area (Å²) in [4.78, 5) is 16.6. The number of halogens is 4. The fraction of sp³-hybridized carbons (Fsp3) is 0.280. The molecule has 1 fully saturated rings. The van der Waals surface area contributed by atoms with Gasteiger partial charge < -0.3 is 10.6 Å². The van der Waals surface area contributed by atoms with E-state index >= 15 is 13.2 Å². The molecule has 3 aromatic rings. The maximum atomic E-state index is 15.3. The van der Waals surface area contributed by atoms with E-state index in [1.807, 2.05) is 4.72 Å². The summed E-state index contributed by atoms with van der Waals surface area (Å²) < 4.78 is 85.6. The largest absolute Gasteiger partial charge is 0.350 e. The van der Waals surface area contributed by atoms with Crippen LogP contribution >= 0.6 is 0 Å². The molecular weight excluding hydrogens is 512 g/mol. The Morgan fingerprint density at radius 3 is 2.41 bits per heavy atom. The number of hydrogen-bond acceptors (Lipinski definition) is 5. The zero-order valence-corrected chi connectivity index (χ0v) is 20.8. The molecule has 1 amide bonds. The van der Waals surface area contributed by atoms with Gasteiger partial charge in [-0.3, -0.25) is 9.52 Å². The zero-order chi connectivity index (χ0) is 26.9. The lowest BCUT2D eigenvalue weighted by Gasteiger charge is -2.17. The summed E-state index contributed by atoms with van der Waals surface area (Å²) in [6.07, 6.45) is 2.07. The van der Waals surface area contributed by atoms with Crippen LogP contribution < -0.4 is 15.4 Å². The van der Waals surface area contributed by atoms with Gasteiger partial charge in [-0.05, 0) is 67.6 Å². The van der Waals surface area contributed by atoms with Crippen molar-refractivity contribution in [3.63, 3.8) is 0 Å². The lowest BCUT2D eigenvalue weighted by molar-refractivity contribution is 0.0951. The summed E-state index contributed by atoms with van der Waals surface area (Å²) in [7, 11) is -3.84. The van der Waals surface area contributed by atoms with Gasteiger partial charge in [0.05, 0.1) is 22.7 Å². The molecule has 0 bridgehead atoms. The van der Waals surface area contributed by atoms with E-state index in [1.54, 1.807) is 13.0 Å². The number of aromatic nitrogens is 1. The minimum Gasteiger partial charge on any atom is -0.350 e. The Morgan fingerprint density at radius 1 is 1.03 bits per heavy atom. The van der Waals surface area contributed by atoms with Gasteiger partial charge in [0.25, 0.3) is 5.91 Å². The van der Waals surface area contributed by atoms with Gasteiger partial charge in [0, 0.05) is 18.7 Å². The van der Waals surface area contributed by atoms with Crippen LogP contribution in [-0.4, -0.2) is 31.1 Å². The third-order valence-corrected chi connectivity index (χ3v) is 7.07. The number of nitrogens with one attached hydrogen (secondary N) is 3. The first-order valence-corrected chi connectivity index (χ1v) is 13.1. The van der Waals surface area contributed by atoms with Gasteiger partial charge in [0.1, 0.15) is 5.82 Å². The topological polar surface area (TPSA) is 100 Å². The van der Waals surface area contributed by atoms with Crippen LogP contribution in [0.1, 0.15) is 46.8 Å². The van der Waals surface area contributed by atoms with Crippen molar-refractivity contribution < 1.29 is 30.8 Å². The molecule has 0 aliphatic heterocycles. The number of rotatable bonds is 9. The molecular formula is C25H24F4N4O3S. The first-order chi connectivity index (χ1) is 17.5. The Balaban J connectivity index is 1.75. The molecule has 1 aromatic heterocycles. The van der Waals surface area contributed by atoms with Crippen LogP contribution in [0.15, 0.2) is 36.5 Å². The van der Waals surface area contributed by atoms with Crippen molar-refractivity contribution in [2.24, 2.45) is 0 Å². The number of amides is 1. The van der Waals surface area contributed by atoms with Gasteiger partial charge in [0.15, 0.2) is 23.3 Å². The number of nitrogens with zero attached hydrogens (tertiary/aromatic N) is 1. The molecule has 0 spiro atoms. The zero-order valence-electron chi connectivity index (χ0n) is 20.0. The quantitative estimate of drug-likeness (QED) is 0.337. The highest BCUT2D eigenvalue weighted by Crippen LogP contribution is 2.32. The number of benzene rings is 2. The van der Waals surface area contributed by atoms with Gasteiger partial charge in [0.2, 0.25) is 10.0 Å². The summed E-state index contributed by atoms with van der Waals surface area (Å²) in [5.74, 6) is -6.21.